The van der Waals surface area contributed by atoms with Crippen molar-refractivity contribution in [1.82, 2.24) is 0 Å². The van der Waals surface area contributed by atoms with Gasteiger partial charge in [-0.25, -0.2) is 4.70 Å². The number of rotatable bonds is 28. The van der Waals surface area contributed by atoms with Crippen molar-refractivity contribution in [1.29, 1.82) is 0 Å². The minimum absolute atomic E-state index is 0. The van der Waals surface area contributed by atoms with Crippen molar-refractivity contribution in [3.63, 3.8) is 0 Å². The number of allylic oxidation sites excluding steroid dienone is 2. The van der Waals surface area contributed by atoms with Crippen LogP contribution in [-0.4, -0.2) is 4.70 Å². The Kier molecular flexibility index (Phi) is 25.6. The largest absolute Gasteiger partial charge is 1.00 e. The van der Waals surface area contributed by atoms with Crippen LogP contribution in [0.1, 0.15) is 236 Å². The molecule has 0 amide bonds. The summed E-state index contributed by atoms with van der Waals surface area (Å²) in [5.74, 6) is 7.37. The maximum Gasteiger partial charge on any atom is 0.223 e. The van der Waals surface area contributed by atoms with E-state index in [9.17, 15) is 5.53 Å². The number of hydrogen-bond donors (Lipinski definition) is 0. The molecule has 0 N–H and O–H groups in total. The third-order valence-electron chi connectivity index (χ3n) is 12.1. The first-order valence-electron chi connectivity index (χ1n) is 23.4. The molecule has 0 saturated heterocycles. The van der Waals surface area contributed by atoms with Gasteiger partial charge in [0.25, 0.3) is 0 Å². The van der Waals surface area contributed by atoms with Gasteiger partial charge in [0.1, 0.15) is 5.57 Å². The molecule has 0 radical (unpaired) electrons. The molecule has 3 heteroatoms. The molecule has 0 aromatic heterocycles. The first-order valence-corrected chi connectivity index (χ1v) is 23.4. The van der Waals surface area contributed by atoms with Gasteiger partial charge in [-0.2, -0.15) is 0 Å². The van der Waals surface area contributed by atoms with E-state index in [0.717, 1.165) is 66.6 Å². The van der Waals surface area contributed by atoms with Gasteiger partial charge in [-0.15, -0.1) is 0 Å². The Labute approximate surface area is 360 Å². The fourth-order valence-electron chi connectivity index (χ4n) is 8.81. The van der Waals surface area contributed by atoms with Crippen LogP contribution >= 0.6 is 0 Å². The van der Waals surface area contributed by atoms with E-state index < -0.39 is 0 Å². The summed E-state index contributed by atoms with van der Waals surface area (Å²) >= 11 is 0. The molecule has 0 aliphatic carbocycles. The molecular formula is C53H84N2Ni-2. The van der Waals surface area contributed by atoms with Gasteiger partial charge in [0, 0.05) is 39.6 Å². The molecule has 1 heterocycles. The third kappa shape index (κ3) is 16.1. The van der Waals surface area contributed by atoms with E-state index in [2.05, 4.69) is 91.5 Å². The fraction of sp³-hybridized carbons (Fsp3) is 0.660. The van der Waals surface area contributed by atoms with Crippen molar-refractivity contribution in [2.75, 3.05) is 0 Å². The van der Waals surface area contributed by atoms with Crippen molar-refractivity contribution in [3.05, 3.63) is 85.5 Å². The Hall–Kier alpha value is -2.43. The average molecular weight is 808 g/mol. The molecule has 2 aromatic carbocycles. The maximum atomic E-state index is 12.4. The Morgan fingerprint density at radius 2 is 0.804 bits per heavy atom. The maximum absolute atomic E-state index is 12.4. The van der Waals surface area contributed by atoms with Crippen LogP contribution in [0, 0.1) is 39.5 Å². The van der Waals surface area contributed by atoms with Crippen LogP contribution in [0.15, 0.2) is 35.4 Å². The molecule has 0 spiro atoms. The van der Waals surface area contributed by atoms with Gasteiger partial charge in [0.2, 0.25) is 11.4 Å². The molecule has 2 aromatic rings. The molecule has 0 fully saturated rings. The van der Waals surface area contributed by atoms with Crippen LogP contribution in [0.3, 0.4) is 0 Å². The Balaban J connectivity index is 0.0000108. The van der Waals surface area contributed by atoms with Crippen molar-refractivity contribution >= 4 is 11.4 Å². The first kappa shape index (κ1) is 49.7. The molecule has 0 unspecified atom stereocenters. The quantitative estimate of drug-likeness (QED) is 0.0354. The van der Waals surface area contributed by atoms with Gasteiger partial charge in [0.15, 0.2) is 0 Å². The fourth-order valence-corrected chi connectivity index (χ4v) is 8.81. The molecular weight excluding hydrogens is 723 g/mol. The van der Waals surface area contributed by atoms with Gasteiger partial charge in [-0.05, 0) is 130 Å². The summed E-state index contributed by atoms with van der Waals surface area (Å²) < 4.78 is 1.54. The normalized spacial score (nSPS) is 12.8. The van der Waals surface area contributed by atoms with Gasteiger partial charge in [-0.3, -0.25) is 0 Å². The Morgan fingerprint density at radius 3 is 1.23 bits per heavy atom. The molecule has 2 nitrogen and oxygen atoms in total. The van der Waals surface area contributed by atoms with Crippen molar-refractivity contribution in [2.45, 2.75) is 229 Å². The minimum Gasteiger partial charge on any atom is -1.00 e. The standard InChI is InChI=1S/C53H82N2.Ni.2H/c1-9-13-17-20-21-22-23-24-25-26-27-28-29-33-37-51-50(36-30-16-12-4)52(46-38-42(5)48(43(6)39-46)34-31-18-14-10-2)55(54)53(51)47-40-44(7)49(45(8)41-47)35-32-19-15-11-3;;;/h38-41H,9-32,34-36H2,1-8H3;;;/q;;2*-1. The zero-order valence-electron chi connectivity index (χ0n) is 39.6. The number of hydrogen-bond acceptors (Lipinski definition) is 0. The molecule has 0 saturated carbocycles. The zero-order valence-corrected chi connectivity index (χ0v) is 38.6. The van der Waals surface area contributed by atoms with Gasteiger partial charge >= 0.3 is 0 Å². The number of nitrogens with zero attached hydrogens (tertiary/aromatic N) is 2. The average Bonchev–Trinajstić information content (AvgIpc) is 3.43. The SMILES string of the molecule is CCCCCCCCCCCCCCC#CC1=C(c2cc(C)c(CCCCCC)c(C)c2)[N+](=[N-])C(c2cc(C)c(CCCCCC)c(C)c2)=C1CCCCC.[H-].[H-].[Ni]. The number of aryl methyl sites for hydroxylation is 4. The first-order chi connectivity index (χ1) is 26.8. The van der Waals surface area contributed by atoms with Gasteiger partial charge in [-0.1, -0.05) is 162 Å². The minimum atomic E-state index is 0. The van der Waals surface area contributed by atoms with Crippen LogP contribution in [0.25, 0.3) is 16.9 Å². The van der Waals surface area contributed by atoms with E-state index in [1.165, 1.54) is 174 Å². The second-order valence-electron chi connectivity index (χ2n) is 17.1. The van der Waals surface area contributed by atoms with E-state index in [0.29, 0.717) is 0 Å². The molecule has 318 valence electrons. The van der Waals surface area contributed by atoms with Crippen LogP contribution in [0.5, 0.6) is 0 Å². The predicted octanol–water partition coefficient (Wildman–Crippen LogP) is 17.2. The molecule has 0 bridgehead atoms. The molecule has 3 rings (SSSR count). The second kappa shape index (κ2) is 28.9. The van der Waals surface area contributed by atoms with Gasteiger partial charge in [0.05, 0.1) is 0 Å². The van der Waals surface area contributed by atoms with E-state index in [4.69, 9.17) is 0 Å². The zero-order chi connectivity index (χ0) is 39.8. The summed E-state index contributed by atoms with van der Waals surface area (Å²) in [6.07, 6.45) is 34.0. The summed E-state index contributed by atoms with van der Waals surface area (Å²) in [4.78, 5) is 0. The van der Waals surface area contributed by atoms with Crippen molar-refractivity contribution < 1.29 is 24.0 Å². The van der Waals surface area contributed by atoms with Crippen LogP contribution in [0.4, 0.5) is 0 Å². The number of benzene rings is 2. The van der Waals surface area contributed by atoms with E-state index >= 15 is 0 Å². The molecule has 0 atom stereocenters. The summed E-state index contributed by atoms with van der Waals surface area (Å²) in [6.45, 7) is 18.2. The summed E-state index contributed by atoms with van der Waals surface area (Å²) in [5, 5.41) is 0. The summed E-state index contributed by atoms with van der Waals surface area (Å²) in [5.41, 5.74) is 27.0. The van der Waals surface area contributed by atoms with Crippen molar-refractivity contribution in [2.24, 2.45) is 0 Å². The summed E-state index contributed by atoms with van der Waals surface area (Å²) in [6, 6.07) is 9.35. The van der Waals surface area contributed by atoms with Crippen LogP contribution in [0.2, 0.25) is 0 Å². The van der Waals surface area contributed by atoms with Crippen LogP contribution in [-0.2, 0) is 29.3 Å². The van der Waals surface area contributed by atoms with Crippen LogP contribution < -0.4 is 0 Å². The monoisotopic (exact) mass is 807 g/mol. The molecule has 56 heavy (non-hydrogen) atoms. The Morgan fingerprint density at radius 1 is 0.464 bits per heavy atom. The molecule has 1 aliphatic heterocycles. The summed E-state index contributed by atoms with van der Waals surface area (Å²) in [7, 11) is 0. The Bertz CT molecular complexity index is 1560. The topological polar surface area (TPSA) is 25.3 Å². The third-order valence-corrected chi connectivity index (χ3v) is 12.1. The smallest absolute Gasteiger partial charge is 0.223 e. The van der Waals surface area contributed by atoms with E-state index in [1.54, 1.807) is 4.70 Å². The van der Waals surface area contributed by atoms with E-state index in [-0.39, 0.29) is 19.3 Å². The predicted molar refractivity (Wildman–Crippen MR) is 245 cm³/mol. The molecule has 1 aliphatic rings. The van der Waals surface area contributed by atoms with Gasteiger partial charge < -0.3 is 8.38 Å². The van der Waals surface area contributed by atoms with E-state index in [1.807, 2.05) is 0 Å². The number of unbranched alkanes of at least 4 members (excludes halogenated alkanes) is 20. The van der Waals surface area contributed by atoms with Crippen molar-refractivity contribution in [3.8, 4) is 11.8 Å². The second-order valence-corrected chi connectivity index (χ2v) is 17.1.